The minimum atomic E-state index is -0.0198. The van der Waals surface area contributed by atoms with Gasteiger partial charge in [-0.15, -0.1) is 0 Å². The number of benzene rings is 2. The van der Waals surface area contributed by atoms with Crippen LogP contribution < -0.4 is 10.2 Å². The minimum Gasteiger partial charge on any atom is -0.372 e. The third kappa shape index (κ3) is 3.66. The van der Waals surface area contributed by atoms with Crippen molar-refractivity contribution in [2.24, 2.45) is 5.92 Å². The van der Waals surface area contributed by atoms with E-state index in [1.165, 1.54) is 61.2 Å². The smallest absolute Gasteiger partial charge is 0.318 e. The van der Waals surface area contributed by atoms with Crippen molar-refractivity contribution >= 4 is 11.7 Å². The van der Waals surface area contributed by atoms with Gasteiger partial charge in [-0.3, -0.25) is 0 Å². The van der Waals surface area contributed by atoms with Crippen LogP contribution in [0.3, 0.4) is 0 Å². The van der Waals surface area contributed by atoms with Crippen LogP contribution >= 0.6 is 0 Å². The van der Waals surface area contributed by atoms with Crippen molar-refractivity contribution < 1.29 is 4.79 Å². The second kappa shape index (κ2) is 8.43. The lowest BCUT2D eigenvalue weighted by Gasteiger charge is -2.46. The molecule has 0 aromatic heterocycles. The minimum absolute atomic E-state index is 0.0198. The SMILES string of the molecule is O=C(N[C@@H]1CN2CCC1CC2)N1CCc2ccccc2[C@@H]1c1ccc(N2CCCC2)cc1. The number of rotatable bonds is 3. The standard InChI is InChI=1S/C27H34N4O/c32-27(28-25-19-29-16-11-21(25)12-17-29)31-18-13-20-5-1-2-6-24(20)26(31)22-7-9-23(10-8-22)30-14-3-4-15-30/h1-2,5-10,21,25-26H,3-4,11-19H2,(H,28,32)/t25-,26+/m1/s1. The lowest BCUT2D eigenvalue weighted by atomic mass is 9.84. The number of carbonyl (C=O) groups is 1. The van der Waals surface area contributed by atoms with Gasteiger partial charge < -0.3 is 20.0 Å². The summed E-state index contributed by atoms with van der Waals surface area (Å²) in [7, 11) is 0. The van der Waals surface area contributed by atoms with Crippen LogP contribution in [0.2, 0.25) is 0 Å². The monoisotopic (exact) mass is 430 g/mol. The summed E-state index contributed by atoms with van der Waals surface area (Å²) in [5.41, 5.74) is 5.16. The number of anilines is 1. The maximum atomic E-state index is 13.6. The van der Waals surface area contributed by atoms with Gasteiger partial charge in [-0.2, -0.15) is 0 Å². The molecular weight excluding hydrogens is 396 g/mol. The molecule has 0 radical (unpaired) electrons. The van der Waals surface area contributed by atoms with Gasteiger partial charge in [0.05, 0.1) is 6.04 Å². The molecule has 5 aliphatic rings. The summed E-state index contributed by atoms with van der Waals surface area (Å²) in [6.45, 7) is 6.47. The second-order valence-corrected chi connectivity index (χ2v) is 10.0. The first-order chi connectivity index (χ1) is 15.8. The number of carbonyl (C=O) groups excluding carboxylic acids is 1. The topological polar surface area (TPSA) is 38.8 Å². The Bertz CT molecular complexity index is 960. The van der Waals surface area contributed by atoms with Gasteiger partial charge in [-0.1, -0.05) is 36.4 Å². The third-order valence-electron chi connectivity index (χ3n) is 8.19. The number of nitrogens with one attached hydrogen (secondary N) is 1. The molecule has 5 aliphatic heterocycles. The van der Waals surface area contributed by atoms with Crippen LogP contribution in [0, 0.1) is 5.92 Å². The normalized spacial score (nSPS) is 29.1. The van der Waals surface area contributed by atoms with E-state index in [4.69, 9.17) is 0 Å². The Morgan fingerprint density at radius 3 is 2.34 bits per heavy atom. The molecule has 2 amide bonds. The molecular formula is C27H34N4O. The van der Waals surface area contributed by atoms with Crippen LogP contribution in [-0.4, -0.2) is 61.1 Å². The average molecular weight is 431 g/mol. The molecule has 7 rings (SSSR count). The fourth-order valence-corrected chi connectivity index (χ4v) is 6.36. The highest BCUT2D eigenvalue weighted by Gasteiger charge is 2.38. The quantitative estimate of drug-likeness (QED) is 0.799. The van der Waals surface area contributed by atoms with Gasteiger partial charge in [0.15, 0.2) is 0 Å². The van der Waals surface area contributed by atoms with Crippen molar-refractivity contribution in [3.05, 3.63) is 65.2 Å². The lowest BCUT2D eigenvalue weighted by Crippen LogP contribution is -2.59. The molecule has 2 bridgehead atoms. The zero-order valence-corrected chi connectivity index (χ0v) is 18.9. The van der Waals surface area contributed by atoms with Gasteiger partial charge in [0.25, 0.3) is 0 Å². The maximum absolute atomic E-state index is 13.6. The number of urea groups is 1. The molecule has 0 unspecified atom stereocenters. The van der Waals surface area contributed by atoms with E-state index in [1.54, 1.807) is 0 Å². The summed E-state index contributed by atoms with van der Waals surface area (Å²) in [5.74, 6) is 0.638. The predicted molar refractivity (Wildman–Crippen MR) is 128 cm³/mol. The Hall–Kier alpha value is -2.53. The summed E-state index contributed by atoms with van der Waals surface area (Å²) in [4.78, 5) is 20.7. The van der Waals surface area contributed by atoms with Crippen molar-refractivity contribution in [1.82, 2.24) is 15.1 Å². The number of piperidine rings is 3. The van der Waals surface area contributed by atoms with E-state index in [9.17, 15) is 4.79 Å². The molecule has 5 nitrogen and oxygen atoms in total. The Morgan fingerprint density at radius 2 is 1.62 bits per heavy atom. The molecule has 168 valence electrons. The molecule has 2 atom stereocenters. The molecule has 0 saturated carbocycles. The van der Waals surface area contributed by atoms with E-state index >= 15 is 0 Å². The van der Waals surface area contributed by atoms with E-state index < -0.39 is 0 Å². The number of amides is 2. The summed E-state index contributed by atoms with van der Waals surface area (Å²) in [6.07, 6.45) is 5.92. The molecule has 1 N–H and O–H groups in total. The molecule has 2 aromatic carbocycles. The van der Waals surface area contributed by atoms with Crippen LogP contribution in [0.25, 0.3) is 0 Å². The zero-order chi connectivity index (χ0) is 21.5. The first-order valence-corrected chi connectivity index (χ1v) is 12.5. The average Bonchev–Trinajstić information content (AvgIpc) is 3.39. The third-order valence-corrected chi connectivity index (χ3v) is 8.19. The van der Waals surface area contributed by atoms with Crippen molar-refractivity contribution in [3.63, 3.8) is 0 Å². The van der Waals surface area contributed by atoms with Crippen molar-refractivity contribution in [3.8, 4) is 0 Å². The highest BCUT2D eigenvalue weighted by molar-refractivity contribution is 5.76. The Labute approximate surface area is 191 Å². The first kappa shape index (κ1) is 20.1. The number of fused-ring (bicyclic) bond motifs is 4. The molecule has 5 heterocycles. The molecule has 2 aromatic rings. The summed E-state index contributed by atoms with van der Waals surface area (Å²) in [6, 6.07) is 18.0. The van der Waals surface area contributed by atoms with E-state index in [0.29, 0.717) is 12.0 Å². The zero-order valence-electron chi connectivity index (χ0n) is 18.9. The van der Waals surface area contributed by atoms with Crippen molar-refractivity contribution in [2.45, 2.75) is 44.2 Å². The molecule has 5 heteroatoms. The summed E-state index contributed by atoms with van der Waals surface area (Å²) >= 11 is 0. The largest absolute Gasteiger partial charge is 0.372 e. The molecule has 0 spiro atoms. The number of hydrogen-bond donors (Lipinski definition) is 1. The van der Waals surface area contributed by atoms with E-state index in [1.807, 2.05) is 0 Å². The summed E-state index contributed by atoms with van der Waals surface area (Å²) in [5, 5.41) is 3.44. The maximum Gasteiger partial charge on any atom is 0.318 e. The summed E-state index contributed by atoms with van der Waals surface area (Å²) < 4.78 is 0. The van der Waals surface area contributed by atoms with E-state index in [2.05, 4.69) is 68.5 Å². The van der Waals surface area contributed by atoms with E-state index in [-0.39, 0.29) is 12.1 Å². The molecule has 0 aliphatic carbocycles. The van der Waals surface area contributed by atoms with Gasteiger partial charge in [0.2, 0.25) is 0 Å². The molecule has 32 heavy (non-hydrogen) atoms. The number of hydrogen-bond acceptors (Lipinski definition) is 3. The Balaban J connectivity index is 1.27. The fourth-order valence-electron chi connectivity index (χ4n) is 6.36. The molecule has 4 saturated heterocycles. The van der Waals surface area contributed by atoms with Gasteiger partial charge in [-0.25, -0.2) is 4.79 Å². The van der Waals surface area contributed by atoms with Gasteiger partial charge in [0, 0.05) is 37.9 Å². The fraction of sp³-hybridized carbons (Fsp3) is 0.519. The second-order valence-electron chi connectivity index (χ2n) is 10.0. The highest BCUT2D eigenvalue weighted by Crippen LogP contribution is 2.36. The van der Waals surface area contributed by atoms with Crippen LogP contribution in [-0.2, 0) is 6.42 Å². The van der Waals surface area contributed by atoms with Crippen LogP contribution in [0.15, 0.2) is 48.5 Å². The van der Waals surface area contributed by atoms with Gasteiger partial charge in [0.1, 0.15) is 0 Å². The van der Waals surface area contributed by atoms with Crippen molar-refractivity contribution in [1.29, 1.82) is 0 Å². The van der Waals surface area contributed by atoms with Crippen LogP contribution in [0.1, 0.15) is 48.4 Å². The first-order valence-electron chi connectivity index (χ1n) is 12.5. The van der Waals surface area contributed by atoms with Gasteiger partial charge >= 0.3 is 6.03 Å². The lowest BCUT2D eigenvalue weighted by molar-refractivity contribution is 0.0715. The van der Waals surface area contributed by atoms with E-state index in [0.717, 1.165) is 32.6 Å². The number of nitrogens with zero attached hydrogens (tertiary/aromatic N) is 3. The Kier molecular flexibility index (Phi) is 5.30. The highest BCUT2D eigenvalue weighted by atomic mass is 16.2. The van der Waals surface area contributed by atoms with Crippen molar-refractivity contribution in [2.75, 3.05) is 44.2 Å². The predicted octanol–water partition coefficient (Wildman–Crippen LogP) is 4.04. The Morgan fingerprint density at radius 1 is 0.875 bits per heavy atom. The van der Waals surface area contributed by atoms with Crippen LogP contribution in [0.4, 0.5) is 10.5 Å². The van der Waals surface area contributed by atoms with Crippen LogP contribution in [0.5, 0.6) is 0 Å². The molecule has 4 fully saturated rings. The van der Waals surface area contributed by atoms with Gasteiger partial charge in [-0.05, 0) is 79.9 Å².